The van der Waals surface area contributed by atoms with Gasteiger partial charge < -0.3 is 0 Å². The van der Waals surface area contributed by atoms with Crippen molar-refractivity contribution >= 4 is 16.9 Å². The van der Waals surface area contributed by atoms with Crippen LogP contribution < -0.4 is 0 Å². The highest BCUT2D eigenvalue weighted by molar-refractivity contribution is 8.13. The third-order valence-corrected chi connectivity index (χ3v) is 3.09. The van der Waals surface area contributed by atoms with Crippen LogP contribution in [0, 0.1) is 6.92 Å². The summed E-state index contributed by atoms with van der Waals surface area (Å²) in [5.74, 6) is 0. The molecular weight excluding hydrogens is 168 g/mol. The van der Waals surface area contributed by atoms with E-state index in [0.29, 0.717) is 11.5 Å². The molecule has 1 nitrogen and oxygen atoms in total. The fourth-order valence-electron chi connectivity index (χ4n) is 1.41. The van der Waals surface area contributed by atoms with Crippen molar-refractivity contribution in [1.29, 1.82) is 0 Å². The largest absolute Gasteiger partial charge is 0.287 e. The number of aryl methyl sites for hydroxylation is 2. The molecule has 1 aromatic carbocycles. The molecule has 0 N–H and O–H groups in total. The summed E-state index contributed by atoms with van der Waals surface area (Å²) in [6.07, 6.45) is 1.62. The third kappa shape index (κ3) is 1.39. The van der Waals surface area contributed by atoms with E-state index in [-0.39, 0.29) is 0 Å². The minimum absolute atomic E-state index is 0.298. The summed E-state index contributed by atoms with van der Waals surface area (Å²) in [5.41, 5.74) is 2.61. The van der Waals surface area contributed by atoms with Gasteiger partial charge in [-0.3, -0.25) is 4.79 Å². The predicted octanol–water partition coefficient (Wildman–Crippen LogP) is 2.56. The molecule has 1 aromatic rings. The van der Waals surface area contributed by atoms with E-state index in [1.807, 2.05) is 6.07 Å². The highest BCUT2D eigenvalue weighted by Gasteiger charge is 2.15. The van der Waals surface area contributed by atoms with Crippen molar-refractivity contribution in [3.63, 3.8) is 0 Å². The van der Waals surface area contributed by atoms with E-state index in [0.717, 1.165) is 11.3 Å². The van der Waals surface area contributed by atoms with Crippen LogP contribution in [-0.4, -0.2) is 5.12 Å². The quantitative estimate of drug-likeness (QED) is 0.607. The third-order valence-electron chi connectivity index (χ3n) is 2.04. The lowest BCUT2D eigenvalue weighted by molar-refractivity contribution is -0.111. The molecule has 0 saturated carbocycles. The van der Waals surface area contributed by atoms with Gasteiger partial charge in [0.25, 0.3) is 0 Å². The molecular formula is C10H10OS. The maximum atomic E-state index is 11.1. The van der Waals surface area contributed by atoms with Crippen molar-refractivity contribution in [3.8, 4) is 0 Å². The lowest BCUT2D eigenvalue weighted by Gasteiger charge is -2.13. The SMILES string of the molecule is Cc1ccc2c(c1)CCC(=O)S2. The molecule has 0 aliphatic carbocycles. The normalized spacial score (nSPS) is 15.9. The van der Waals surface area contributed by atoms with Crippen LogP contribution >= 0.6 is 11.8 Å². The summed E-state index contributed by atoms with van der Waals surface area (Å²) >= 11 is 1.38. The summed E-state index contributed by atoms with van der Waals surface area (Å²) in [5, 5.41) is 0.298. The van der Waals surface area contributed by atoms with Crippen LogP contribution in [-0.2, 0) is 11.2 Å². The second kappa shape index (κ2) is 2.94. The zero-order valence-corrected chi connectivity index (χ0v) is 7.78. The summed E-state index contributed by atoms with van der Waals surface area (Å²) < 4.78 is 0. The molecule has 0 unspecified atom stereocenters. The molecule has 1 aliphatic rings. The van der Waals surface area contributed by atoms with E-state index in [1.165, 1.54) is 22.9 Å². The zero-order chi connectivity index (χ0) is 8.55. The van der Waals surface area contributed by atoms with E-state index < -0.39 is 0 Å². The number of hydrogen-bond donors (Lipinski definition) is 0. The first-order valence-corrected chi connectivity index (χ1v) is 4.87. The smallest absolute Gasteiger partial charge is 0.194 e. The van der Waals surface area contributed by atoms with Crippen LogP contribution in [0.25, 0.3) is 0 Å². The van der Waals surface area contributed by atoms with Crippen molar-refractivity contribution in [1.82, 2.24) is 0 Å². The molecule has 2 rings (SSSR count). The minimum atomic E-state index is 0.298. The molecule has 0 aromatic heterocycles. The van der Waals surface area contributed by atoms with Gasteiger partial charge in [-0.2, -0.15) is 0 Å². The Balaban J connectivity index is 2.43. The fourth-order valence-corrected chi connectivity index (χ4v) is 2.29. The number of hydrogen-bond acceptors (Lipinski definition) is 2. The van der Waals surface area contributed by atoms with E-state index in [1.54, 1.807) is 0 Å². The second-order valence-corrected chi connectivity index (χ2v) is 4.18. The van der Waals surface area contributed by atoms with Crippen LogP contribution in [0.4, 0.5) is 0 Å². The molecule has 0 fully saturated rings. The summed E-state index contributed by atoms with van der Waals surface area (Å²) in [6.45, 7) is 2.08. The number of fused-ring (bicyclic) bond motifs is 1. The predicted molar refractivity (Wildman–Crippen MR) is 50.4 cm³/mol. The van der Waals surface area contributed by atoms with Crippen LogP contribution in [0.3, 0.4) is 0 Å². The molecule has 2 heteroatoms. The van der Waals surface area contributed by atoms with Gasteiger partial charge in [0.15, 0.2) is 5.12 Å². The van der Waals surface area contributed by atoms with Gasteiger partial charge in [0.05, 0.1) is 0 Å². The molecule has 0 amide bonds. The van der Waals surface area contributed by atoms with Gasteiger partial charge in [0.1, 0.15) is 0 Å². The maximum absolute atomic E-state index is 11.1. The summed E-state index contributed by atoms with van der Waals surface area (Å²) in [6, 6.07) is 6.28. The molecule has 0 radical (unpaired) electrons. The topological polar surface area (TPSA) is 17.1 Å². The van der Waals surface area contributed by atoms with Crippen molar-refractivity contribution in [2.45, 2.75) is 24.7 Å². The van der Waals surface area contributed by atoms with E-state index >= 15 is 0 Å². The number of benzene rings is 1. The average molecular weight is 178 g/mol. The Morgan fingerprint density at radius 3 is 3.00 bits per heavy atom. The molecule has 62 valence electrons. The van der Waals surface area contributed by atoms with E-state index in [9.17, 15) is 4.79 Å². The van der Waals surface area contributed by atoms with Gasteiger partial charge in [0.2, 0.25) is 0 Å². The summed E-state index contributed by atoms with van der Waals surface area (Å²) in [4.78, 5) is 12.2. The fraction of sp³-hybridized carbons (Fsp3) is 0.300. The van der Waals surface area contributed by atoms with Gasteiger partial charge >= 0.3 is 0 Å². The molecule has 1 heterocycles. The molecule has 12 heavy (non-hydrogen) atoms. The van der Waals surface area contributed by atoms with Crippen LogP contribution in [0.15, 0.2) is 23.1 Å². The van der Waals surface area contributed by atoms with Gasteiger partial charge in [-0.15, -0.1) is 0 Å². The Kier molecular flexibility index (Phi) is 1.93. The molecule has 0 bridgehead atoms. The highest BCUT2D eigenvalue weighted by Crippen LogP contribution is 2.31. The maximum Gasteiger partial charge on any atom is 0.194 e. The Morgan fingerprint density at radius 2 is 2.17 bits per heavy atom. The summed E-state index contributed by atoms with van der Waals surface area (Å²) in [7, 11) is 0. The second-order valence-electron chi connectivity index (χ2n) is 3.09. The average Bonchev–Trinajstić information content (AvgIpc) is 2.05. The van der Waals surface area contributed by atoms with Gasteiger partial charge in [-0.1, -0.05) is 29.5 Å². The number of carbonyl (C=O) groups is 1. The lowest BCUT2D eigenvalue weighted by Crippen LogP contribution is -2.03. The first kappa shape index (κ1) is 7.87. The van der Waals surface area contributed by atoms with Crippen LogP contribution in [0.2, 0.25) is 0 Å². The van der Waals surface area contributed by atoms with Gasteiger partial charge in [-0.25, -0.2) is 0 Å². The van der Waals surface area contributed by atoms with E-state index in [2.05, 4.69) is 19.1 Å². The Labute approximate surface area is 76.2 Å². The first-order chi connectivity index (χ1) is 5.75. The number of thioether (sulfide) groups is 1. The van der Waals surface area contributed by atoms with Crippen molar-refractivity contribution in [3.05, 3.63) is 29.3 Å². The van der Waals surface area contributed by atoms with Crippen molar-refractivity contribution in [2.75, 3.05) is 0 Å². The van der Waals surface area contributed by atoms with Gasteiger partial charge in [-0.05, 0) is 25.0 Å². The number of carbonyl (C=O) groups excluding carboxylic acids is 1. The van der Waals surface area contributed by atoms with E-state index in [4.69, 9.17) is 0 Å². The molecule has 0 atom stereocenters. The van der Waals surface area contributed by atoms with Gasteiger partial charge in [0, 0.05) is 11.3 Å². The number of rotatable bonds is 0. The minimum Gasteiger partial charge on any atom is -0.287 e. The first-order valence-electron chi connectivity index (χ1n) is 4.06. The monoisotopic (exact) mass is 178 g/mol. The van der Waals surface area contributed by atoms with Crippen molar-refractivity contribution in [2.24, 2.45) is 0 Å². The van der Waals surface area contributed by atoms with Crippen molar-refractivity contribution < 1.29 is 4.79 Å². The zero-order valence-electron chi connectivity index (χ0n) is 6.96. The highest BCUT2D eigenvalue weighted by atomic mass is 32.2. The molecule has 0 spiro atoms. The Morgan fingerprint density at radius 1 is 1.33 bits per heavy atom. The van der Waals surface area contributed by atoms with Crippen LogP contribution in [0.5, 0.6) is 0 Å². The Hall–Kier alpha value is -0.760. The Bertz CT molecular complexity index is 331. The molecule has 1 aliphatic heterocycles. The van der Waals surface area contributed by atoms with Crippen LogP contribution in [0.1, 0.15) is 17.5 Å². The standard InChI is InChI=1S/C10H10OS/c1-7-2-4-9-8(6-7)3-5-10(11)12-9/h2,4,6H,3,5H2,1H3. The lowest BCUT2D eigenvalue weighted by atomic mass is 10.1. The molecule has 0 saturated heterocycles.